The summed E-state index contributed by atoms with van der Waals surface area (Å²) >= 11 is 0. The lowest BCUT2D eigenvalue weighted by molar-refractivity contribution is 0.568. The number of nitrogens with zero attached hydrogens (tertiary/aromatic N) is 6. The molecule has 0 fully saturated rings. The number of fused-ring (bicyclic) bond motifs is 3. The molecule has 0 spiro atoms. The van der Waals surface area contributed by atoms with Gasteiger partial charge in [0.05, 0.1) is 28.1 Å². The summed E-state index contributed by atoms with van der Waals surface area (Å²) in [6, 6.07) is 59.0. The Balaban J connectivity index is 1.31. The van der Waals surface area contributed by atoms with Crippen LogP contribution in [0, 0.1) is 0 Å². The summed E-state index contributed by atoms with van der Waals surface area (Å²) in [7, 11) is 0. The van der Waals surface area contributed by atoms with Crippen LogP contribution in [0.4, 0.5) is 0 Å². The van der Waals surface area contributed by atoms with Crippen molar-refractivity contribution < 1.29 is 0 Å². The fraction of sp³-hybridized carbons (Fsp3) is 0.290. The van der Waals surface area contributed by atoms with Gasteiger partial charge in [-0.15, -0.1) is 0 Å². The lowest BCUT2D eigenvalue weighted by atomic mass is 9.79. The lowest BCUT2D eigenvalue weighted by Crippen LogP contribution is -2.17. The van der Waals surface area contributed by atoms with Crippen molar-refractivity contribution in [3.05, 3.63) is 192 Å². The van der Waals surface area contributed by atoms with E-state index in [0.29, 0.717) is 23.3 Å². The largest absolute Gasteiger partial charge is 0.309 e. The number of para-hydroxylation sites is 1. The summed E-state index contributed by atoms with van der Waals surface area (Å²) in [5.41, 5.74) is 16.2. The van der Waals surface area contributed by atoms with Crippen molar-refractivity contribution in [1.29, 1.82) is 0 Å². The van der Waals surface area contributed by atoms with Crippen molar-refractivity contribution in [3.8, 4) is 73.8 Å². The van der Waals surface area contributed by atoms with Crippen molar-refractivity contribution in [3.63, 3.8) is 0 Å². The van der Waals surface area contributed by atoms with Crippen LogP contribution in [-0.2, 0) is 27.1 Å². The smallest absolute Gasteiger partial charge is 0.164 e. The van der Waals surface area contributed by atoms with E-state index in [4.69, 9.17) is 24.9 Å². The zero-order valence-corrected chi connectivity index (χ0v) is 46.8. The predicted molar refractivity (Wildman–Crippen MR) is 316 cm³/mol. The maximum Gasteiger partial charge on any atom is 0.164 e. The third-order valence-corrected chi connectivity index (χ3v) is 14.6. The second-order valence-corrected chi connectivity index (χ2v) is 25.7. The molecule has 0 radical (unpaired) electrons. The van der Waals surface area contributed by atoms with Gasteiger partial charge in [-0.3, -0.25) is 0 Å². The number of hydrogen-bond acceptors (Lipinski definition) is 5. The van der Waals surface area contributed by atoms with E-state index in [1.165, 1.54) is 38.6 Å². The third kappa shape index (κ3) is 10.3. The summed E-state index contributed by atoms with van der Waals surface area (Å²) < 4.78 is 2.39. The molecule has 0 atom stereocenters. The number of benzene rings is 7. The zero-order valence-electron chi connectivity index (χ0n) is 46.8. The van der Waals surface area contributed by atoms with Gasteiger partial charge >= 0.3 is 0 Å². The fourth-order valence-electron chi connectivity index (χ4n) is 9.84. The van der Waals surface area contributed by atoms with Gasteiger partial charge < -0.3 is 4.57 Å². The van der Waals surface area contributed by atoms with Crippen molar-refractivity contribution >= 4 is 21.8 Å². The zero-order chi connectivity index (χ0) is 53.4. The van der Waals surface area contributed by atoms with E-state index in [9.17, 15) is 0 Å². The van der Waals surface area contributed by atoms with Crippen LogP contribution < -0.4 is 0 Å². The van der Waals surface area contributed by atoms with E-state index in [0.717, 1.165) is 61.5 Å². The summed E-state index contributed by atoms with van der Waals surface area (Å²) in [5.74, 6) is 2.42. The van der Waals surface area contributed by atoms with E-state index in [1.807, 2.05) is 12.1 Å². The second kappa shape index (κ2) is 18.7. The molecule has 0 amide bonds. The average Bonchev–Trinajstić information content (AvgIpc) is 3.71. The van der Waals surface area contributed by atoms with Gasteiger partial charge in [0.2, 0.25) is 0 Å². The maximum absolute atomic E-state index is 5.51. The molecule has 3 aromatic heterocycles. The minimum atomic E-state index is -0.115. The molecular formula is C69H72N6. The Morgan fingerprint density at radius 3 is 1.15 bits per heavy atom. The van der Waals surface area contributed by atoms with Crippen LogP contribution in [0.3, 0.4) is 0 Å². The van der Waals surface area contributed by atoms with Gasteiger partial charge in [0, 0.05) is 44.2 Å². The van der Waals surface area contributed by atoms with Gasteiger partial charge in [-0.05, 0) is 122 Å². The Morgan fingerprint density at radius 1 is 0.280 bits per heavy atom. The monoisotopic (exact) mass is 985 g/mol. The molecule has 0 N–H and O–H groups in total. The van der Waals surface area contributed by atoms with Crippen LogP contribution in [0.5, 0.6) is 0 Å². The van der Waals surface area contributed by atoms with Crippen molar-refractivity contribution in [2.45, 2.75) is 131 Å². The summed E-state index contributed by atoms with van der Waals surface area (Å²) in [4.78, 5) is 27.5. The van der Waals surface area contributed by atoms with Gasteiger partial charge in [-0.25, -0.2) is 24.9 Å². The van der Waals surface area contributed by atoms with Gasteiger partial charge in [-0.2, -0.15) is 0 Å². The quantitative estimate of drug-likeness (QED) is 0.159. The molecule has 0 saturated heterocycles. The summed E-state index contributed by atoms with van der Waals surface area (Å²) in [6.07, 6.45) is 0. The molecule has 0 aliphatic heterocycles. The third-order valence-electron chi connectivity index (χ3n) is 14.6. The van der Waals surface area contributed by atoms with E-state index in [-0.39, 0.29) is 27.1 Å². The van der Waals surface area contributed by atoms with Crippen LogP contribution in [0.2, 0.25) is 0 Å². The first-order valence-corrected chi connectivity index (χ1v) is 26.6. The van der Waals surface area contributed by atoms with Gasteiger partial charge in [0.15, 0.2) is 23.3 Å². The molecule has 378 valence electrons. The van der Waals surface area contributed by atoms with E-state index < -0.39 is 0 Å². The van der Waals surface area contributed by atoms with Crippen LogP contribution >= 0.6 is 0 Å². The minimum Gasteiger partial charge on any atom is -0.309 e. The highest BCUT2D eigenvalue weighted by Crippen LogP contribution is 2.42. The second-order valence-electron chi connectivity index (χ2n) is 25.7. The van der Waals surface area contributed by atoms with E-state index >= 15 is 0 Å². The van der Waals surface area contributed by atoms with Crippen LogP contribution in [-0.4, -0.2) is 29.5 Å². The van der Waals surface area contributed by atoms with Crippen molar-refractivity contribution in [1.82, 2.24) is 29.5 Å². The molecule has 10 rings (SSSR count). The Kier molecular flexibility index (Phi) is 12.7. The Hall–Kier alpha value is -7.57. The lowest BCUT2D eigenvalue weighted by Gasteiger charge is -2.26. The molecule has 0 bridgehead atoms. The standard InChI is InChI=1S/C69H72N6/c1-65(2,3)48-31-33-59-54(41-48)53-28-22-23-29-58(53)75(59)60-32-30-45(38-55(60)64-70-56(43-24-18-16-19-25-43)42-57(71-64)44-26-20-17-21-27-44)61-72-62(46-34-49(66(4,5)6)39-50(35-46)67(7,8)9)74-63(73-61)47-36-51(68(10,11)12)40-52(37-47)69(13,14)15/h16-42H,1-15H3. The molecule has 0 aliphatic rings. The average molecular weight is 985 g/mol. The Labute approximate surface area is 445 Å². The van der Waals surface area contributed by atoms with Gasteiger partial charge in [0.25, 0.3) is 0 Å². The first-order valence-electron chi connectivity index (χ1n) is 26.6. The summed E-state index contributed by atoms with van der Waals surface area (Å²) in [6.45, 7) is 34.1. The normalized spacial score (nSPS) is 12.7. The fourth-order valence-corrected chi connectivity index (χ4v) is 9.84. The molecule has 0 unspecified atom stereocenters. The summed E-state index contributed by atoms with van der Waals surface area (Å²) in [5, 5.41) is 2.38. The molecule has 0 aliphatic carbocycles. The Bertz CT molecular complexity index is 3550. The molecule has 75 heavy (non-hydrogen) atoms. The number of hydrogen-bond donors (Lipinski definition) is 0. The molecule has 0 saturated carbocycles. The van der Waals surface area contributed by atoms with E-state index in [1.54, 1.807) is 0 Å². The highest BCUT2D eigenvalue weighted by atomic mass is 15.0. The maximum atomic E-state index is 5.51. The van der Waals surface area contributed by atoms with Gasteiger partial charge in [-0.1, -0.05) is 201 Å². The topological polar surface area (TPSA) is 69.4 Å². The highest BCUT2D eigenvalue weighted by Gasteiger charge is 2.27. The van der Waals surface area contributed by atoms with Crippen molar-refractivity contribution in [2.24, 2.45) is 0 Å². The SMILES string of the molecule is CC(C)(C)c1cc(-c2nc(-c3cc(C(C)(C)C)cc(C(C)(C)C)c3)nc(-c3ccc(-n4c5ccccc5c5cc(C(C)(C)C)ccc54)c(-c4nc(-c5ccccc5)cc(-c5ccccc5)n4)c3)n2)cc(C(C)(C)C)c1. The molecular weight excluding hydrogens is 913 g/mol. The molecule has 3 heterocycles. The molecule has 6 nitrogen and oxygen atoms in total. The van der Waals surface area contributed by atoms with Crippen LogP contribution in [0.25, 0.3) is 95.6 Å². The first kappa shape index (κ1) is 50.9. The first-order chi connectivity index (χ1) is 35.3. The number of aromatic nitrogens is 6. The molecule has 10 aromatic rings. The minimum absolute atomic E-state index is 0.0310. The molecule has 6 heteroatoms. The van der Waals surface area contributed by atoms with Crippen molar-refractivity contribution in [2.75, 3.05) is 0 Å². The number of rotatable bonds is 7. The van der Waals surface area contributed by atoms with Crippen LogP contribution in [0.15, 0.2) is 164 Å². The Morgan fingerprint density at radius 2 is 0.693 bits per heavy atom. The molecule has 7 aromatic carbocycles. The highest BCUT2D eigenvalue weighted by molar-refractivity contribution is 6.10. The van der Waals surface area contributed by atoms with Crippen LogP contribution in [0.1, 0.15) is 132 Å². The predicted octanol–water partition coefficient (Wildman–Crippen LogP) is 18.2. The van der Waals surface area contributed by atoms with Gasteiger partial charge in [0.1, 0.15) is 0 Å². The van der Waals surface area contributed by atoms with E-state index in [2.05, 4.69) is 260 Å².